The highest BCUT2D eigenvalue weighted by Crippen LogP contribution is 2.33. The minimum atomic E-state index is -0.189. The lowest BCUT2D eigenvalue weighted by Crippen LogP contribution is -2.40. The minimum Gasteiger partial charge on any atom is -0.333 e. The molecule has 0 aromatic carbocycles. The first kappa shape index (κ1) is 21.8. The van der Waals surface area contributed by atoms with E-state index in [0.717, 1.165) is 19.3 Å². The average molecular weight is 450 g/mol. The fourth-order valence-electron chi connectivity index (χ4n) is 5.59. The van der Waals surface area contributed by atoms with Crippen LogP contribution in [0.3, 0.4) is 0 Å². The molecule has 0 radical (unpaired) electrons. The molecule has 1 N–H and O–H groups in total. The maximum Gasteiger partial charge on any atom is 0.254 e. The zero-order valence-corrected chi connectivity index (χ0v) is 19.0. The zero-order valence-electron chi connectivity index (χ0n) is 19.0. The summed E-state index contributed by atoms with van der Waals surface area (Å²) in [7, 11) is 0. The van der Waals surface area contributed by atoms with E-state index < -0.39 is 0 Å². The molecule has 5 rings (SSSR count). The largest absolute Gasteiger partial charge is 0.333 e. The van der Waals surface area contributed by atoms with Crippen molar-refractivity contribution < 1.29 is 9.59 Å². The maximum atomic E-state index is 13.0. The molecule has 33 heavy (non-hydrogen) atoms. The van der Waals surface area contributed by atoms with E-state index in [9.17, 15) is 14.4 Å². The number of aromatic amines is 1. The van der Waals surface area contributed by atoms with Crippen LogP contribution in [0.25, 0.3) is 0 Å². The Balaban J connectivity index is 1.32. The molecule has 2 amide bonds. The Hall–Kier alpha value is -3.03. The third-order valence-electron chi connectivity index (χ3n) is 7.44. The number of nitrogens with zero attached hydrogens (tertiary/aromatic N) is 4. The lowest BCUT2D eigenvalue weighted by atomic mass is 10.0. The first-order chi connectivity index (χ1) is 16.1. The number of H-pyrrole nitrogens is 1. The van der Waals surface area contributed by atoms with Crippen molar-refractivity contribution in [3.63, 3.8) is 0 Å². The number of amides is 2. The van der Waals surface area contributed by atoms with Crippen molar-refractivity contribution in [3.05, 3.63) is 57.5 Å². The van der Waals surface area contributed by atoms with Gasteiger partial charge >= 0.3 is 0 Å². The molecule has 2 aliphatic heterocycles. The second kappa shape index (κ2) is 9.45. The van der Waals surface area contributed by atoms with E-state index >= 15 is 0 Å². The number of carbonyl (C=O) groups is 2. The number of pyridine rings is 1. The van der Waals surface area contributed by atoms with Gasteiger partial charge in [-0.25, -0.2) is 4.98 Å². The van der Waals surface area contributed by atoms with Crippen LogP contribution < -0.4 is 5.56 Å². The van der Waals surface area contributed by atoms with E-state index in [1.54, 1.807) is 29.4 Å². The molecular formula is C25H31N5O3. The first-order valence-electron chi connectivity index (χ1n) is 12.2. The molecule has 174 valence electrons. The number of carbonyl (C=O) groups excluding carboxylic acids is 2. The molecule has 2 aromatic heterocycles. The Labute approximate surface area is 193 Å². The summed E-state index contributed by atoms with van der Waals surface area (Å²) in [5.74, 6) is 1.32. The fourth-order valence-corrected chi connectivity index (χ4v) is 5.59. The number of likely N-dealkylation sites (tertiary alicyclic amines) is 1. The van der Waals surface area contributed by atoms with E-state index in [1.165, 1.54) is 25.7 Å². The summed E-state index contributed by atoms with van der Waals surface area (Å²) in [5.41, 5.74) is 1.73. The van der Waals surface area contributed by atoms with Gasteiger partial charge in [-0.3, -0.25) is 19.4 Å². The Morgan fingerprint density at radius 2 is 1.85 bits per heavy atom. The molecule has 1 atom stereocenters. The van der Waals surface area contributed by atoms with Crippen LogP contribution in [0.2, 0.25) is 0 Å². The normalized spacial score (nSPS) is 20.8. The van der Waals surface area contributed by atoms with E-state index in [-0.39, 0.29) is 23.4 Å². The molecule has 4 heterocycles. The summed E-state index contributed by atoms with van der Waals surface area (Å²) >= 11 is 0. The standard InChI is InChI=1S/C25H31N5O3/c31-22(8-7-17-4-1-2-5-17)30-14-3-6-21(30)23-27-20-16-29(15-11-19(20)24(32)28-23)25(33)18-9-12-26-13-10-18/h9-10,12-13,17,21H,1-8,11,14-16H2,(H,27,28,32)/t21-/m1/s1. The zero-order chi connectivity index (χ0) is 22.8. The highest BCUT2D eigenvalue weighted by molar-refractivity contribution is 5.94. The van der Waals surface area contributed by atoms with Crippen LogP contribution in [0, 0.1) is 5.92 Å². The molecule has 0 spiro atoms. The van der Waals surface area contributed by atoms with Crippen LogP contribution in [-0.2, 0) is 17.8 Å². The number of nitrogens with one attached hydrogen (secondary N) is 1. The summed E-state index contributed by atoms with van der Waals surface area (Å²) in [4.78, 5) is 54.1. The third kappa shape index (κ3) is 4.56. The fraction of sp³-hybridized carbons (Fsp3) is 0.560. The van der Waals surface area contributed by atoms with Gasteiger partial charge in [-0.05, 0) is 43.7 Å². The van der Waals surface area contributed by atoms with Gasteiger partial charge in [-0.15, -0.1) is 0 Å². The van der Waals surface area contributed by atoms with Gasteiger partial charge in [-0.2, -0.15) is 0 Å². The lowest BCUT2D eigenvalue weighted by Gasteiger charge is -2.29. The summed E-state index contributed by atoms with van der Waals surface area (Å²) < 4.78 is 0. The predicted molar refractivity (Wildman–Crippen MR) is 122 cm³/mol. The van der Waals surface area contributed by atoms with E-state index in [1.807, 2.05) is 4.90 Å². The van der Waals surface area contributed by atoms with Gasteiger partial charge in [0.1, 0.15) is 5.82 Å². The molecule has 2 fully saturated rings. The number of rotatable bonds is 5. The molecule has 8 heteroatoms. The van der Waals surface area contributed by atoms with Crippen LogP contribution >= 0.6 is 0 Å². The Bertz CT molecular complexity index is 1080. The van der Waals surface area contributed by atoms with Crippen LogP contribution in [-0.4, -0.2) is 49.7 Å². The first-order valence-corrected chi connectivity index (χ1v) is 12.2. The Morgan fingerprint density at radius 1 is 1.06 bits per heavy atom. The van der Waals surface area contributed by atoms with Gasteiger partial charge in [0, 0.05) is 43.0 Å². The molecule has 8 nitrogen and oxygen atoms in total. The van der Waals surface area contributed by atoms with Crippen molar-refractivity contribution in [1.82, 2.24) is 24.8 Å². The quantitative estimate of drug-likeness (QED) is 0.757. The van der Waals surface area contributed by atoms with E-state index in [2.05, 4.69) is 9.97 Å². The van der Waals surface area contributed by atoms with E-state index in [4.69, 9.17) is 4.98 Å². The number of hydrogen-bond donors (Lipinski definition) is 1. The molecule has 1 aliphatic carbocycles. The van der Waals surface area contributed by atoms with E-state index in [0.29, 0.717) is 61.0 Å². The smallest absolute Gasteiger partial charge is 0.254 e. The van der Waals surface area contributed by atoms with Crippen molar-refractivity contribution >= 4 is 11.8 Å². The molecular weight excluding hydrogens is 418 g/mol. The Morgan fingerprint density at radius 3 is 2.64 bits per heavy atom. The van der Waals surface area contributed by atoms with Crippen LogP contribution in [0.1, 0.15) is 84.8 Å². The van der Waals surface area contributed by atoms with Crippen molar-refractivity contribution in [2.45, 2.75) is 70.4 Å². The van der Waals surface area contributed by atoms with Crippen molar-refractivity contribution in [2.24, 2.45) is 5.92 Å². The number of hydrogen-bond acceptors (Lipinski definition) is 5. The molecule has 0 bridgehead atoms. The van der Waals surface area contributed by atoms with Gasteiger partial charge in [-0.1, -0.05) is 25.7 Å². The SMILES string of the molecule is O=C(c1ccncc1)N1CCc2c(nc([C@H]3CCCN3C(=O)CCC3CCCC3)[nH]c2=O)C1. The molecule has 3 aliphatic rings. The third-order valence-corrected chi connectivity index (χ3v) is 7.44. The summed E-state index contributed by atoms with van der Waals surface area (Å²) in [6.07, 6.45) is 12.0. The second-order valence-electron chi connectivity index (χ2n) is 9.52. The summed E-state index contributed by atoms with van der Waals surface area (Å²) in [6.45, 7) is 1.49. The molecule has 1 saturated heterocycles. The minimum absolute atomic E-state index is 0.0868. The number of fused-ring (bicyclic) bond motifs is 1. The molecule has 0 unspecified atom stereocenters. The van der Waals surface area contributed by atoms with Gasteiger partial charge in [0.15, 0.2) is 0 Å². The van der Waals surface area contributed by atoms with Crippen LogP contribution in [0.5, 0.6) is 0 Å². The van der Waals surface area contributed by atoms with Crippen molar-refractivity contribution in [1.29, 1.82) is 0 Å². The topological polar surface area (TPSA) is 99.3 Å². The predicted octanol–water partition coefficient (Wildman–Crippen LogP) is 3.00. The monoisotopic (exact) mass is 449 g/mol. The summed E-state index contributed by atoms with van der Waals surface area (Å²) in [5, 5.41) is 0. The second-order valence-corrected chi connectivity index (χ2v) is 9.52. The van der Waals surface area contributed by atoms with Gasteiger partial charge in [0.05, 0.1) is 18.3 Å². The highest BCUT2D eigenvalue weighted by atomic mass is 16.2. The van der Waals surface area contributed by atoms with Crippen LogP contribution in [0.15, 0.2) is 29.3 Å². The van der Waals surface area contributed by atoms with Crippen LogP contribution in [0.4, 0.5) is 0 Å². The summed E-state index contributed by atoms with van der Waals surface area (Å²) in [6, 6.07) is 3.20. The molecule has 1 saturated carbocycles. The number of aromatic nitrogens is 3. The lowest BCUT2D eigenvalue weighted by molar-refractivity contribution is -0.132. The van der Waals surface area contributed by atoms with Crippen molar-refractivity contribution in [2.75, 3.05) is 13.1 Å². The van der Waals surface area contributed by atoms with Gasteiger partial charge in [0.2, 0.25) is 5.91 Å². The Kier molecular flexibility index (Phi) is 6.24. The average Bonchev–Trinajstić information content (AvgIpc) is 3.54. The maximum absolute atomic E-state index is 13.0. The van der Waals surface area contributed by atoms with Gasteiger partial charge < -0.3 is 14.8 Å². The highest BCUT2D eigenvalue weighted by Gasteiger charge is 2.33. The van der Waals surface area contributed by atoms with Crippen molar-refractivity contribution in [3.8, 4) is 0 Å². The van der Waals surface area contributed by atoms with Gasteiger partial charge in [0.25, 0.3) is 11.5 Å². The molecule has 2 aromatic rings.